The lowest BCUT2D eigenvalue weighted by molar-refractivity contribution is -0.121. The topological polar surface area (TPSA) is 133 Å². The Balaban J connectivity index is 5.34. The van der Waals surface area contributed by atoms with Gasteiger partial charge in [0.15, 0.2) is 8.32 Å². The molecule has 0 aliphatic carbocycles. The van der Waals surface area contributed by atoms with Crippen molar-refractivity contribution >= 4 is 21.3 Å². The number of hydrogen-bond acceptors (Lipinski definition) is 5. The molecule has 10 heteroatoms. The maximum Gasteiger partial charge on any atom is 0.374 e. The molecule has 0 aromatic heterocycles. The van der Waals surface area contributed by atoms with Crippen molar-refractivity contribution in [1.29, 1.82) is 0 Å². The minimum atomic E-state index is -2.19. The van der Waals surface area contributed by atoms with E-state index in [0.29, 0.717) is 0 Å². The van der Waals surface area contributed by atoms with Gasteiger partial charge in [-0.1, -0.05) is 25.9 Å². The summed E-state index contributed by atoms with van der Waals surface area (Å²) < 4.78 is 6.13. The zero-order valence-corrected chi connectivity index (χ0v) is 14.6. The van der Waals surface area contributed by atoms with Crippen LogP contribution in [0.25, 0.3) is 10.4 Å². The van der Waals surface area contributed by atoms with Gasteiger partial charge in [0.2, 0.25) is 5.91 Å². The molecular formula is C11H26BN5O3Si. The van der Waals surface area contributed by atoms with Crippen molar-refractivity contribution in [3.05, 3.63) is 10.4 Å². The van der Waals surface area contributed by atoms with E-state index < -0.39 is 33.4 Å². The molecule has 1 amide bonds. The Hall–Kier alpha value is -1.06. The van der Waals surface area contributed by atoms with Crippen LogP contribution in [0.4, 0.5) is 0 Å². The van der Waals surface area contributed by atoms with E-state index in [4.69, 9.17) is 15.7 Å². The third kappa shape index (κ3) is 6.49. The van der Waals surface area contributed by atoms with Crippen LogP contribution in [0.15, 0.2) is 5.11 Å². The quantitative estimate of drug-likeness (QED) is 0.269. The van der Waals surface area contributed by atoms with Gasteiger partial charge in [-0.15, -0.1) is 0 Å². The molecule has 0 saturated carbocycles. The maximum atomic E-state index is 11.6. The lowest BCUT2D eigenvalue weighted by Crippen LogP contribution is -2.59. The number of carbonyl (C=O) groups excluding carboxylic acids is 1. The maximum absolute atomic E-state index is 11.6. The van der Waals surface area contributed by atoms with Crippen LogP contribution in [-0.4, -0.2) is 45.0 Å². The lowest BCUT2D eigenvalue weighted by atomic mass is 9.86. The highest BCUT2D eigenvalue weighted by atomic mass is 28.4. The van der Waals surface area contributed by atoms with Gasteiger partial charge in [-0.3, -0.25) is 4.79 Å². The van der Waals surface area contributed by atoms with E-state index in [1.807, 2.05) is 13.1 Å². The molecule has 0 rings (SSSR count). The molecule has 0 spiro atoms. The summed E-state index contributed by atoms with van der Waals surface area (Å²) in [6.07, 6.45) is -0.714. The first kappa shape index (κ1) is 19.9. The molecule has 8 nitrogen and oxygen atoms in total. The number of carbonyl (C=O) groups is 1. The molecule has 0 aliphatic heterocycles. The summed E-state index contributed by atoms with van der Waals surface area (Å²) in [5.41, 5.74) is 13.9. The number of nitrogens with two attached hydrogens (primary N) is 1. The molecule has 120 valence electrons. The van der Waals surface area contributed by atoms with E-state index >= 15 is 0 Å². The van der Waals surface area contributed by atoms with Crippen molar-refractivity contribution in [3.8, 4) is 0 Å². The van der Waals surface area contributed by atoms with Crippen LogP contribution in [0.3, 0.4) is 0 Å². The number of primary amides is 1. The van der Waals surface area contributed by atoms with Crippen molar-refractivity contribution in [2.45, 2.75) is 57.9 Å². The third-order valence-electron chi connectivity index (χ3n) is 3.68. The SMILES string of the molecule is CB(O)N[C@H](C(N)=O)[C@@H](CN=[N+]=[N-])O[Si](C)(C)C(C)(C)C. The minimum absolute atomic E-state index is 0.0314. The Morgan fingerprint density at radius 3 is 2.43 bits per heavy atom. The Labute approximate surface area is 127 Å². The molecule has 0 unspecified atom stereocenters. The van der Waals surface area contributed by atoms with Crippen molar-refractivity contribution < 1.29 is 14.2 Å². The van der Waals surface area contributed by atoms with Gasteiger partial charge in [0.25, 0.3) is 0 Å². The van der Waals surface area contributed by atoms with Gasteiger partial charge in [-0.25, -0.2) is 0 Å². The first-order chi connectivity index (χ1) is 9.42. The van der Waals surface area contributed by atoms with E-state index in [2.05, 4.69) is 36.0 Å². The molecule has 0 saturated heterocycles. The number of amides is 1. The molecule has 0 fully saturated rings. The monoisotopic (exact) mass is 315 g/mol. The summed E-state index contributed by atoms with van der Waals surface area (Å²) in [6.45, 7) is 11.7. The predicted molar refractivity (Wildman–Crippen MR) is 86.0 cm³/mol. The summed E-state index contributed by atoms with van der Waals surface area (Å²) >= 11 is 0. The molecule has 0 aromatic carbocycles. The van der Waals surface area contributed by atoms with Crippen LogP contribution in [0, 0.1) is 0 Å². The summed E-state index contributed by atoms with van der Waals surface area (Å²) in [7, 11) is -3.12. The number of azide groups is 1. The molecule has 0 bridgehead atoms. The molecule has 0 aromatic rings. The van der Waals surface area contributed by atoms with Crippen LogP contribution in [0.1, 0.15) is 20.8 Å². The highest BCUT2D eigenvalue weighted by molar-refractivity contribution is 6.74. The van der Waals surface area contributed by atoms with Gasteiger partial charge >= 0.3 is 7.05 Å². The first-order valence-electron chi connectivity index (χ1n) is 6.84. The smallest absolute Gasteiger partial charge is 0.374 e. The van der Waals surface area contributed by atoms with E-state index in [1.165, 1.54) is 6.82 Å². The molecule has 4 N–H and O–H groups in total. The molecule has 0 radical (unpaired) electrons. The van der Waals surface area contributed by atoms with Crippen LogP contribution >= 0.6 is 0 Å². The van der Waals surface area contributed by atoms with Crippen molar-refractivity contribution in [3.63, 3.8) is 0 Å². The highest BCUT2D eigenvalue weighted by Gasteiger charge is 2.41. The zero-order valence-electron chi connectivity index (χ0n) is 13.6. The number of nitrogens with zero attached hydrogens (tertiary/aromatic N) is 3. The molecule has 0 heterocycles. The van der Waals surface area contributed by atoms with Crippen molar-refractivity contribution in [2.24, 2.45) is 10.8 Å². The number of nitrogens with one attached hydrogen (secondary N) is 1. The van der Waals surface area contributed by atoms with E-state index in [9.17, 15) is 9.82 Å². The van der Waals surface area contributed by atoms with E-state index in [0.717, 1.165) is 0 Å². The lowest BCUT2D eigenvalue weighted by Gasteiger charge is -2.40. The Kier molecular flexibility index (Phi) is 7.42. The second-order valence-corrected chi connectivity index (χ2v) is 11.3. The van der Waals surface area contributed by atoms with Gasteiger partial charge in [0, 0.05) is 4.91 Å². The highest BCUT2D eigenvalue weighted by Crippen LogP contribution is 2.37. The minimum Gasteiger partial charge on any atom is -0.437 e. The van der Waals surface area contributed by atoms with Gasteiger partial charge < -0.3 is 20.4 Å². The Bertz CT molecular complexity index is 407. The van der Waals surface area contributed by atoms with Crippen LogP contribution in [-0.2, 0) is 9.22 Å². The standard InChI is InChI=1S/C11H26BN5O3Si/c1-11(2,3)21(5,6)20-8(7-15-17-14)9(10(13)18)16-12(4)19/h8-9,16,19H,7H2,1-6H3,(H2,13,18)/t8-,9+/m1/s1. The average Bonchev–Trinajstić information content (AvgIpc) is 2.29. The first-order valence-corrected chi connectivity index (χ1v) is 9.75. The third-order valence-corrected chi connectivity index (χ3v) is 8.18. The summed E-state index contributed by atoms with van der Waals surface area (Å²) in [4.78, 5) is 14.3. The molecule has 0 aliphatic rings. The summed E-state index contributed by atoms with van der Waals surface area (Å²) in [6, 6.07) is -0.926. The Morgan fingerprint density at radius 2 is 2.10 bits per heavy atom. The Morgan fingerprint density at radius 1 is 1.57 bits per heavy atom. The van der Waals surface area contributed by atoms with Crippen molar-refractivity contribution in [1.82, 2.24) is 5.23 Å². The normalized spacial score (nSPS) is 15.0. The number of rotatable bonds is 8. The second kappa shape index (κ2) is 7.81. The van der Waals surface area contributed by atoms with Gasteiger partial charge in [0.1, 0.15) is 6.04 Å². The zero-order chi connectivity index (χ0) is 16.8. The van der Waals surface area contributed by atoms with Gasteiger partial charge in [0.05, 0.1) is 12.6 Å². The predicted octanol–water partition coefficient (Wildman–Crippen LogP) is 1.24. The van der Waals surface area contributed by atoms with Crippen LogP contribution in [0.2, 0.25) is 25.0 Å². The molecular weight excluding hydrogens is 289 g/mol. The number of hydrogen-bond donors (Lipinski definition) is 3. The summed E-state index contributed by atoms with van der Waals surface area (Å²) in [5.74, 6) is -0.659. The largest absolute Gasteiger partial charge is 0.437 e. The second-order valence-electron chi connectivity index (χ2n) is 6.55. The van der Waals surface area contributed by atoms with Gasteiger partial charge in [-0.05, 0) is 30.5 Å². The average molecular weight is 315 g/mol. The van der Waals surface area contributed by atoms with Crippen molar-refractivity contribution in [2.75, 3.05) is 6.54 Å². The fraction of sp³-hybridized carbons (Fsp3) is 0.909. The van der Waals surface area contributed by atoms with E-state index in [1.54, 1.807) is 0 Å². The van der Waals surface area contributed by atoms with Gasteiger partial charge in [-0.2, -0.15) is 0 Å². The fourth-order valence-electron chi connectivity index (χ4n) is 1.52. The van der Waals surface area contributed by atoms with E-state index in [-0.39, 0.29) is 11.6 Å². The molecule has 2 atom stereocenters. The fourth-order valence-corrected chi connectivity index (χ4v) is 2.84. The van der Waals surface area contributed by atoms with Crippen LogP contribution < -0.4 is 11.0 Å². The molecule has 21 heavy (non-hydrogen) atoms. The van der Waals surface area contributed by atoms with Crippen LogP contribution in [0.5, 0.6) is 0 Å². The summed E-state index contributed by atoms with van der Waals surface area (Å²) in [5, 5.41) is 15.5.